The zero-order valence-electron chi connectivity index (χ0n) is 12.4. The zero-order valence-corrected chi connectivity index (χ0v) is 12.4. The van der Waals surface area contributed by atoms with Crippen molar-refractivity contribution in [1.29, 1.82) is 0 Å². The van der Waals surface area contributed by atoms with Gasteiger partial charge >= 0.3 is 0 Å². The lowest BCUT2D eigenvalue weighted by molar-refractivity contribution is -0.124. The standard InChI is InChI=1S/C15H24N2O3/c1-4-8-19-13-7-6-12(10-17-5-2)14(9-13)20-11(3)15(16)18/h6-7,9,11,17H,4-5,8,10H2,1-3H3,(H2,16,18). The number of nitrogens with two attached hydrogens (primary N) is 1. The number of carbonyl (C=O) groups excluding carboxylic acids is 1. The molecular formula is C15H24N2O3. The monoisotopic (exact) mass is 280 g/mol. The third-order valence-corrected chi connectivity index (χ3v) is 2.78. The molecule has 0 aliphatic carbocycles. The van der Waals surface area contributed by atoms with E-state index < -0.39 is 12.0 Å². The summed E-state index contributed by atoms with van der Waals surface area (Å²) >= 11 is 0. The van der Waals surface area contributed by atoms with Gasteiger partial charge < -0.3 is 20.5 Å². The molecular weight excluding hydrogens is 256 g/mol. The van der Waals surface area contributed by atoms with Crippen LogP contribution < -0.4 is 20.5 Å². The first-order valence-electron chi connectivity index (χ1n) is 7.00. The van der Waals surface area contributed by atoms with Crippen LogP contribution in [0.25, 0.3) is 0 Å². The predicted molar refractivity (Wildman–Crippen MR) is 78.9 cm³/mol. The molecule has 1 amide bonds. The Balaban J connectivity index is 2.89. The Hall–Kier alpha value is -1.75. The number of rotatable bonds is 9. The Morgan fingerprint density at radius 3 is 2.75 bits per heavy atom. The van der Waals surface area contributed by atoms with E-state index in [4.69, 9.17) is 15.2 Å². The molecule has 0 aliphatic rings. The summed E-state index contributed by atoms with van der Waals surface area (Å²) in [7, 11) is 0. The molecule has 0 fully saturated rings. The van der Waals surface area contributed by atoms with Crippen LogP contribution in [0, 0.1) is 0 Å². The van der Waals surface area contributed by atoms with E-state index in [2.05, 4.69) is 5.32 Å². The number of carbonyl (C=O) groups is 1. The van der Waals surface area contributed by atoms with Crippen molar-refractivity contribution in [2.75, 3.05) is 13.2 Å². The maximum atomic E-state index is 11.1. The second-order valence-corrected chi connectivity index (χ2v) is 4.56. The summed E-state index contributed by atoms with van der Waals surface area (Å²) in [5.41, 5.74) is 6.22. The predicted octanol–water partition coefficient (Wildman–Crippen LogP) is 1.84. The van der Waals surface area contributed by atoms with Crippen molar-refractivity contribution in [2.24, 2.45) is 5.73 Å². The fourth-order valence-electron chi connectivity index (χ4n) is 1.61. The first kappa shape index (κ1) is 16.3. The van der Waals surface area contributed by atoms with Gasteiger partial charge in [0, 0.05) is 18.2 Å². The summed E-state index contributed by atoms with van der Waals surface area (Å²) in [4.78, 5) is 11.1. The van der Waals surface area contributed by atoms with Crippen LogP contribution in [0.1, 0.15) is 32.8 Å². The van der Waals surface area contributed by atoms with Gasteiger partial charge in [-0.15, -0.1) is 0 Å². The van der Waals surface area contributed by atoms with Gasteiger partial charge in [-0.25, -0.2) is 0 Å². The van der Waals surface area contributed by atoms with E-state index >= 15 is 0 Å². The molecule has 0 aromatic heterocycles. The maximum absolute atomic E-state index is 11.1. The van der Waals surface area contributed by atoms with Crippen LogP contribution in [0.3, 0.4) is 0 Å². The zero-order chi connectivity index (χ0) is 15.0. The van der Waals surface area contributed by atoms with Gasteiger partial charge in [-0.2, -0.15) is 0 Å². The first-order valence-corrected chi connectivity index (χ1v) is 7.00. The van der Waals surface area contributed by atoms with Gasteiger partial charge in [0.05, 0.1) is 6.61 Å². The van der Waals surface area contributed by atoms with Crippen molar-refractivity contribution in [2.45, 2.75) is 39.8 Å². The molecule has 0 bridgehead atoms. The molecule has 5 nitrogen and oxygen atoms in total. The summed E-state index contributed by atoms with van der Waals surface area (Å²) in [6.45, 7) is 7.90. The number of hydrogen-bond acceptors (Lipinski definition) is 4. The molecule has 0 saturated heterocycles. The molecule has 0 heterocycles. The molecule has 1 aromatic rings. The molecule has 0 aliphatic heterocycles. The topological polar surface area (TPSA) is 73.6 Å². The first-order chi connectivity index (χ1) is 9.58. The lowest BCUT2D eigenvalue weighted by atomic mass is 10.2. The van der Waals surface area contributed by atoms with Crippen LogP contribution >= 0.6 is 0 Å². The van der Waals surface area contributed by atoms with E-state index in [9.17, 15) is 4.79 Å². The number of ether oxygens (including phenoxy) is 2. The molecule has 1 unspecified atom stereocenters. The van der Waals surface area contributed by atoms with Gasteiger partial charge in [0.2, 0.25) is 0 Å². The van der Waals surface area contributed by atoms with Crippen LogP contribution in [0.5, 0.6) is 11.5 Å². The quantitative estimate of drug-likeness (QED) is 0.724. The Labute approximate surface area is 120 Å². The lowest BCUT2D eigenvalue weighted by Gasteiger charge is -2.17. The molecule has 3 N–H and O–H groups in total. The highest BCUT2D eigenvalue weighted by Crippen LogP contribution is 2.26. The highest BCUT2D eigenvalue weighted by molar-refractivity contribution is 5.78. The van der Waals surface area contributed by atoms with Crippen molar-refractivity contribution >= 4 is 5.91 Å². The summed E-state index contributed by atoms with van der Waals surface area (Å²) in [6, 6.07) is 5.66. The van der Waals surface area contributed by atoms with Crippen molar-refractivity contribution < 1.29 is 14.3 Å². The molecule has 20 heavy (non-hydrogen) atoms. The van der Waals surface area contributed by atoms with E-state index in [0.29, 0.717) is 18.9 Å². The van der Waals surface area contributed by atoms with Crippen LogP contribution in [0.2, 0.25) is 0 Å². The van der Waals surface area contributed by atoms with Crippen molar-refractivity contribution in [3.8, 4) is 11.5 Å². The SMILES string of the molecule is CCCOc1ccc(CNCC)c(OC(C)C(N)=O)c1. The van der Waals surface area contributed by atoms with Crippen molar-refractivity contribution in [3.63, 3.8) is 0 Å². The minimum Gasteiger partial charge on any atom is -0.493 e. The van der Waals surface area contributed by atoms with E-state index in [1.54, 1.807) is 6.92 Å². The van der Waals surface area contributed by atoms with E-state index in [-0.39, 0.29) is 0 Å². The fourth-order valence-corrected chi connectivity index (χ4v) is 1.61. The van der Waals surface area contributed by atoms with Crippen LogP contribution in [0.4, 0.5) is 0 Å². The molecule has 5 heteroatoms. The van der Waals surface area contributed by atoms with Gasteiger partial charge in [0.25, 0.3) is 5.91 Å². The molecule has 1 rings (SSSR count). The number of nitrogens with one attached hydrogen (secondary N) is 1. The molecule has 1 aromatic carbocycles. The van der Waals surface area contributed by atoms with Gasteiger partial charge in [0.15, 0.2) is 6.10 Å². The smallest absolute Gasteiger partial charge is 0.258 e. The van der Waals surface area contributed by atoms with E-state index in [0.717, 1.165) is 24.3 Å². The Morgan fingerprint density at radius 2 is 2.15 bits per heavy atom. The van der Waals surface area contributed by atoms with E-state index in [1.807, 2.05) is 32.0 Å². The van der Waals surface area contributed by atoms with Crippen molar-refractivity contribution in [3.05, 3.63) is 23.8 Å². The highest BCUT2D eigenvalue weighted by Gasteiger charge is 2.14. The molecule has 0 radical (unpaired) electrons. The maximum Gasteiger partial charge on any atom is 0.258 e. The number of primary amides is 1. The highest BCUT2D eigenvalue weighted by atomic mass is 16.5. The minimum absolute atomic E-state index is 0.487. The summed E-state index contributed by atoms with van der Waals surface area (Å²) in [5.74, 6) is 0.879. The third-order valence-electron chi connectivity index (χ3n) is 2.78. The van der Waals surface area contributed by atoms with E-state index in [1.165, 1.54) is 0 Å². The molecule has 112 valence electrons. The Morgan fingerprint density at radius 1 is 1.40 bits per heavy atom. The van der Waals surface area contributed by atoms with Gasteiger partial charge in [-0.05, 0) is 26.0 Å². The van der Waals surface area contributed by atoms with Gasteiger partial charge in [-0.3, -0.25) is 4.79 Å². The lowest BCUT2D eigenvalue weighted by Crippen LogP contribution is -2.31. The van der Waals surface area contributed by atoms with Gasteiger partial charge in [0.1, 0.15) is 11.5 Å². The molecule has 0 saturated carbocycles. The largest absolute Gasteiger partial charge is 0.493 e. The number of amides is 1. The number of hydrogen-bond donors (Lipinski definition) is 2. The Bertz CT molecular complexity index is 435. The third kappa shape index (κ3) is 5.09. The van der Waals surface area contributed by atoms with Gasteiger partial charge in [-0.1, -0.05) is 19.9 Å². The normalized spacial score (nSPS) is 11.9. The average Bonchev–Trinajstić information content (AvgIpc) is 2.43. The molecule has 1 atom stereocenters. The van der Waals surface area contributed by atoms with Crippen LogP contribution in [0.15, 0.2) is 18.2 Å². The second-order valence-electron chi connectivity index (χ2n) is 4.56. The van der Waals surface area contributed by atoms with Crippen LogP contribution in [-0.2, 0) is 11.3 Å². The summed E-state index contributed by atoms with van der Waals surface area (Å²) in [5, 5.41) is 3.23. The molecule has 0 spiro atoms. The fraction of sp³-hybridized carbons (Fsp3) is 0.533. The average molecular weight is 280 g/mol. The summed E-state index contributed by atoms with van der Waals surface area (Å²) < 4.78 is 11.2. The number of benzene rings is 1. The minimum atomic E-state index is -0.670. The summed E-state index contributed by atoms with van der Waals surface area (Å²) in [6.07, 6.45) is 0.268. The van der Waals surface area contributed by atoms with Crippen LogP contribution in [-0.4, -0.2) is 25.2 Å². The Kier molecular flexibility index (Phi) is 6.87. The second kappa shape index (κ2) is 8.43. The van der Waals surface area contributed by atoms with Crippen molar-refractivity contribution in [1.82, 2.24) is 5.32 Å².